The fraction of sp³-hybridized carbons (Fsp3) is 0.429. The first-order chi connectivity index (χ1) is 6.75. The van der Waals surface area contributed by atoms with E-state index in [0.717, 1.165) is 12.8 Å². The van der Waals surface area contributed by atoms with Crippen LogP contribution in [0.2, 0.25) is 0 Å². The van der Waals surface area contributed by atoms with Crippen LogP contribution in [0.5, 0.6) is 0 Å². The Balaban J connectivity index is 0.000000461. The van der Waals surface area contributed by atoms with Gasteiger partial charge in [0.25, 0.3) is 0 Å². The smallest absolute Gasteiger partial charge is 0.00669 e. The van der Waals surface area contributed by atoms with Crippen LogP contribution in [0.3, 0.4) is 0 Å². The number of hydrogen-bond acceptors (Lipinski definition) is 0. The lowest BCUT2D eigenvalue weighted by Crippen LogP contribution is -2.01. The van der Waals surface area contributed by atoms with Gasteiger partial charge in [-0.25, -0.2) is 0 Å². The quantitative estimate of drug-likeness (QED) is 0.538. The van der Waals surface area contributed by atoms with Crippen molar-refractivity contribution in [2.75, 3.05) is 0 Å². The molecule has 0 amide bonds. The molecule has 0 atom stereocenters. The number of rotatable bonds is 0. The van der Waals surface area contributed by atoms with Gasteiger partial charge >= 0.3 is 0 Å². The Kier molecular flexibility index (Phi) is 3.94. The summed E-state index contributed by atoms with van der Waals surface area (Å²) in [5, 5.41) is 0. The maximum atomic E-state index is 2.34. The molecular formula is C14H20. The molecule has 14 heavy (non-hydrogen) atoms. The highest BCUT2D eigenvalue weighted by molar-refractivity contribution is 5.38. The van der Waals surface area contributed by atoms with Crippen LogP contribution in [0.1, 0.15) is 37.5 Å². The number of fused-ring (bicyclic) bond motifs is 1. The second-order valence-electron chi connectivity index (χ2n) is 3.70. The van der Waals surface area contributed by atoms with Crippen molar-refractivity contribution < 1.29 is 0 Å². The van der Waals surface area contributed by atoms with E-state index in [2.05, 4.69) is 38.1 Å². The molecule has 0 unspecified atom stereocenters. The van der Waals surface area contributed by atoms with E-state index in [4.69, 9.17) is 0 Å². The van der Waals surface area contributed by atoms with Crippen LogP contribution in [0.15, 0.2) is 29.8 Å². The van der Waals surface area contributed by atoms with Gasteiger partial charge in [0.1, 0.15) is 0 Å². The summed E-state index contributed by atoms with van der Waals surface area (Å²) < 4.78 is 0. The average Bonchev–Trinajstić information content (AvgIpc) is 2.21. The van der Waals surface area contributed by atoms with E-state index in [1.165, 1.54) is 22.3 Å². The standard InChI is InChI=1S/C12H14.C2H6/c1-9-3-5-12-8-10(2)4-6-11(12)7-9;1-2/h3-5,7H,6,8H2,1-2H3;1-2H3. The Labute approximate surface area is 87.7 Å². The summed E-state index contributed by atoms with van der Waals surface area (Å²) in [5.74, 6) is 0. The zero-order valence-electron chi connectivity index (χ0n) is 9.72. The molecule has 0 radical (unpaired) electrons. The molecule has 76 valence electrons. The van der Waals surface area contributed by atoms with Gasteiger partial charge < -0.3 is 0 Å². The molecule has 1 aromatic carbocycles. The summed E-state index contributed by atoms with van der Waals surface area (Å²) in [5.41, 5.74) is 5.91. The van der Waals surface area contributed by atoms with Gasteiger partial charge in [-0.2, -0.15) is 0 Å². The van der Waals surface area contributed by atoms with Gasteiger partial charge in [0.15, 0.2) is 0 Å². The average molecular weight is 188 g/mol. The molecule has 0 saturated heterocycles. The third-order valence-corrected chi connectivity index (χ3v) is 2.50. The molecule has 0 N–H and O–H groups in total. The number of hydrogen-bond donors (Lipinski definition) is 0. The zero-order chi connectivity index (χ0) is 10.6. The van der Waals surface area contributed by atoms with Crippen LogP contribution in [0, 0.1) is 6.92 Å². The first-order valence-electron chi connectivity index (χ1n) is 5.50. The third kappa shape index (κ3) is 2.47. The van der Waals surface area contributed by atoms with Gasteiger partial charge in [0, 0.05) is 0 Å². The lowest BCUT2D eigenvalue weighted by atomic mass is 9.91. The fourth-order valence-electron chi connectivity index (χ4n) is 1.77. The van der Waals surface area contributed by atoms with Gasteiger partial charge in [-0.15, -0.1) is 0 Å². The van der Waals surface area contributed by atoms with E-state index >= 15 is 0 Å². The molecular weight excluding hydrogens is 168 g/mol. The molecule has 0 aromatic heterocycles. The van der Waals surface area contributed by atoms with E-state index in [-0.39, 0.29) is 0 Å². The van der Waals surface area contributed by atoms with Crippen molar-refractivity contribution in [3.8, 4) is 0 Å². The van der Waals surface area contributed by atoms with Gasteiger partial charge in [-0.1, -0.05) is 49.3 Å². The Hall–Kier alpha value is -1.04. The highest BCUT2D eigenvalue weighted by Gasteiger charge is 2.07. The summed E-state index contributed by atoms with van der Waals surface area (Å²) in [4.78, 5) is 0. The Morgan fingerprint density at radius 1 is 1.00 bits per heavy atom. The SMILES string of the molecule is CC.CC1=CCc2cc(C)ccc2C1. The van der Waals surface area contributed by atoms with Crippen LogP contribution >= 0.6 is 0 Å². The van der Waals surface area contributed by atoms with Gasteiger partial charge in [-0.3, -0.25) is 0 Å². The summed E-state index contributed by atoms with van der Waals surface area (Å²) in [7, 11) is 0. The second kappa shape index (κ2) is 4.99. The maximum Gasteiger partial charge on any atom is -0.00669 e. The van der Waals surface area contributed by atoms with Crippen LogP contribution in [-0.2, 0) is 12.8 Å². The molecule has 1 aliphatic rings. The first-order valence-corrected chi connectivity index (χ1v) is 5.50. The normalized spacial score (nSPS) is 13.6. The molecule has 0 heterocycles. The highest BCUT2D eigenvalue weighted by Crippen LogP contribution is 2.21. The van der Waals surface area contributed by atoms with E-state index in [0.29, 0.717) is 0 Å². The van der Waals surface area contributed by atoms with Crippen molar-refractivity contribution in [2.45, 2.75) is 40.5 Å². The molecule has 0 heteroatoms. The number of allylic oxidation sites excluding steroid dienone is 2. The van der Waals surface area contributed by atoms with Crippen LogP contribution in [0.4, 0.5) is 0 Å². The Morgan fingerprint density at radius 2 is 1.71 bits per heavy atom. The minimum Gasteiger partial charge on any atom is -0.0809 e. The van der Waals surface area contributed by atoms with E-state index in [1.54, 1.807) is 0 Å². The molecule has 0 aliphatic heterocycles. The van der Waals surface area contributed by atoms with Crippen molar-refractivity contribution in [3.05, 3.63) is 46.5 Å². The van der Waals surface area contributed by atoms with Crippen molar-refractivity contribution in [2.24, 2.45) is 0 Å². The monoisotopic (exact) mass is 188 g/mol. The van der Waals surface area contributed by atoms with Crippen molar-refractivity contribution in [1.82, 2.24) is 0 Å². The van der Waals surface area contributed by atoms with E-state index in [9.17, 15) is 0 Å². The summed E-state index contributed by atoms with van der Waals surface area (Å²) in [6.07, 6.45) is 4.61. The van der Waals surface area contributed by atoms with Gasteiger partial charge in [-0.05, 0) is 37.8 Å². The molecule has 0 spiro atoms. The maximum absolute atomic E-state index is 2.34. The van der Waals surface area contributed by atoms with Crippen molar-refractivity contribution in [1.29, 1.82) is 0 Å². The van der Waals surface area contributed by atoms with Crippen LogP contribution < -0.4 is 0 Å². The van der Waals surface area contributed by atoms with Crippen molar-refractivity contribution in [3.63, 3.8) is 0 Å². The van der Waals surface area contributed by atoms with Crippen molar-refractivity contribution >= 4 is 0 Å². The zero-order valence-corrected chi connectivity index (χ0v) is 9.72. The topological polar surface area (TPSA) is 0 Å². The lowest BCUT2D eigenvalue weighted by Gasteiger charge is -2.14. The lowest BCUT2D eigenvalue weighted by molar-refractivity contribution is 1.01. The second-order valence-corrected chi connectivity index (χ2v) is 3.70. The van der Waals surface area contributed by atoms with Gasteiger partial charge in [0.2, 0.25) is 0 Å². The Bertz CT molecular complexity index is 332. The molecule has 2 rings (SSSR count). The Morgan fingerprint density at radius 3 is 2.43 bits per heavy atom. The molecule has 1 aliphatic carbocycles. The summed E-state index contributed by atoms with van der Waals surface area (Å²) in [6, 6.07) is 6.77. The van der Waals surface area contributed by atoms with Crippen LogP contribution in [-0.4, -0.2) is 0 Å². The summed E-state index contributed by atoms with van der Waals surface area (Å²) in [6.45, 7) is 8.37. The fourth-order valence-corrected chi connectivity index (χ4v) is 1.77. The molecule has 0 bridgehead atoms. The van der Waals surface area contributed by atoms with Crippen LogP contribution in [0.25, 0.3) is 0 Å². The highest BCUT2D eigenvalue weighted by atomic mass is 14.1. The molecule has 0 nitrogen and oxygen atoms in total. The largest absolute Gasteiger partial charge is 0.0809 e. The molecule has 0 fully saturated rings. The molecule has 0 saturated carbocycles. The predicted octanol–water partition coefficient (Wildman–Crippen LogP) is 4.07. The van der Waals surface area contributed by atoms with Gasteiger partial charge in [0.05, 0.1) is 0 Å². The minimum atomic E-state index is 1.13. The first kappa shape index (κ1) is 11.0. The minimum absolute atomic E-state index is 1.13. The number of benzene rings is 1. The van der Waals surface area contributed by atoms with E-state index in [1.807, 2.05) is 13.8 Å². The predicted molar refractivity (Wildman–Crippen MR) is 63.7 cm³/mol. The number of aryl methyl sites for hydroxylation is 1. The third-order valence-electron chi connectivity index (χ3n) is 2.50. The van der Waals surface area contributed by atoms with E-state index < -0.39 is 0 Å². The summed E-state index contributed by atoms with van der Waals surface area (Å²) >= 11 is 0. The molecule has 1 aromatic rings.